The first-order valence-corrected chi connectivity index (χ1v) is 7.01. The van der Waals surface area contributed by atoms with Crippen LogP contribution in [0.2, 0.25) is 0 Å². The van der Waals surface area contributed by atoms with Crippen molar-refractivity contribution < 1.29 is 14.3 Å². The average molecular weight is 313 g/mol. The predicted octanol–water partition coefficient (Wildman–Crippen LogP) is 3.17. The highest BCUT2D eigenvalue weighted by Crippen LogP contribution is 2.26. The van der Waals surface area contributed by atoms with E-state index in [9.17, 15) is 4.79 Å². The Kier molecular flexibility index (Phi) is 5.57. The number of hydrazone groups is 1. The summed E-state index contributed by atoms with van der Waals surface area (Å²) in [6, 6.07) is 12.5. The van der Waals surface area contributed by atoms with Crippen LogP contribution in [0.3, 0.4) is 0 Å². The molecule has 120 valence electrons. The first kappa shape index (κ1) is 16.4. The molecule has 0 atom stereocenters. The van der Waals surface area contributed by atoms with E-state index in [1.54, 1.807) is 26.4 Å². The van der Waals surface area contributed by atoms with Crippen molar-refractivity contribution in [2.45, 2.75) is 6.92 Å². The van der Waals surface area contributed by atoms with Crippen LogP contribution in [0.25, 0.3) is 0 Å². The number of methoxy groups -OCH3 is 2. The lowest BCUT2D eigenvalue weighted by molar-refractivity contribution is 0.252. The average Bonchev–Trinajstić information content (AvgIpc) is 2.56. The fourth-order valence-corrected chi connectivity index (χ4v) is 1.96. The number of anilines is 1. The third-order valence-electron chi connectivity index (χ3n) is 3.18. The van der Waals surface area contributed by atoms with Crippen LogP contribution in [0.15, 0.2) is 47.6 Å². The highest BCUT2D eigenvalue weighted by molar-refractivity contribution is 5.91. The summed E-state index contributed by atoms with van der Waals surface area (Å²) < 4.78 is 10.4. The monoisotopic (exact) mass is 313 g/mol. The summed E-state index contributed by atoms with van der Waals surface area (Å²) in [6.45, 7) is 1.92. The van der Waals surface area contributed by atoms with Gasteiger partial charge in [0.05, 0.1) is 20.4 Å². The molecular weight excluding hydrogens is 294 g/mol. The molecule has 0 spiro atoms. The Hall–Kier alpha value is -3.02. The second-order valence-corrected chi connectivity index (χ2v) is 4.75. The second-order valence-electron chi connectivity index (χ2n) is 4.75. The number of benzene rings is 2. The van der Waals surface area contributed by atoms with Crippen molar-refractivity contribution in [1.29, 1.82) is 0 Å². The Bertz CT molecular complexity index is 714. The first-order chi connectivity index (χ1) is 11.1. The van der Waals surface area contributed by atoms with Crippen molar-refractivity contribution in [3.8, 4) is 11.5 Å². The summed E-state index contributed by atoms with van der Waals surface area (Å²) in [4.78, 5) is 11.8. The lowest BCUT2D eigenvalue weighted by Gasteiger charge is -2.08. The number of hydrogen-bond donors (Lipinski definition) is 2. The molecule has 0 saturated carbocycles. The van der Waals surface area contributed by atoms with E-state index < -0.39 is 6.03 Å². The van der Waals surface area contributed by atoms with Gasteiger partial charge in [0.2, 0.25) is 0 Å². The fraction of sp³-hybridized carbons (Fsp3) is 0.176. The number of carbonyl (C=O) groups is 1. The molecule has 0 aliphatic carbocycles. The zero-order chi connectivity index (χ0) is 16.7. The molecule has 0 aromatic heterocycles. The van der Waals surface area contributed by atoms with Gasteiger partial charge in [-0.1, -0.05) is 18.2 Å². The fourth-order valence-electron chi connectivity index (χ4n) is 1.96. The normalized spacial score (nSPS) is 10.4. The van der Waals surface area contributed by atoms with Gasteiger partial charge in [-0.25, -0.2) is 10.2 Å². The Morgan fingerprint density at radius 1 is 1.09 bits per heavy atom. The molecule has 0 saturated heterocycles. The number of aryl methyl sites for hydroxylation is 1. The van der Waals surface area contributed by atoms with E-state index in [-0.39, 0.29) is 0 Å². The van der Waals surface area contributed by atoms with Crippen LogP contribution in [0.1, 0.15) is 11.1 Å². The first-order valence-electron chi connectivity index (χ1n) is 7.01. The summed E-state index contributed by atoms with van der Waals surface area (Å²) in [5.41, 5.74) is 4.92. The van der Waals surface area contributed by atoms with Crippen molar-refractivity contribution >= 4 is 17.9 Å². The van der Waals surface area contributed by atoms with E-state index in [4.69, 9.17) is 9.47 Å². The third kappa shape index (κ3) is 4.47. The minimum atomic E-state index is -0.406. The molecule has 0 bridgehead atoms. The summed E-state index contributed by atoms with van der Waals surface area (Å²) in [5.74, 6) is 1.23. The molecule has 2 amide bonds. The molecule has 2 aromatic carbocycles. The molecule has 0 aliphatic rings. The molecular formula is C17H19N3O3. The maximum absolute atomic E-state index is 11.8. The molecule has 2 rings (SSSR count). The van der Waals surface area contributed by atoms with Gasteiger partial charge < -0.3 is 14.8 Å². The number of amides is 2. The third-order valence-corrected chi connectivity index (χ3v) is 3.18. The number of nitrogens with one attached hydrogen (secondary N) is 2. The van der Waals surface area contributed by atoms with E-state index >= 15 is 0 Å². The number of para-hydroxylation sites is 1. The van der Waals surface area contributed by atoms with Crippen LogP contribution in [0, 0.1) is 6.92 Å². The lowest BCUT2D eigenvalue weighted by Crippen LogP contribution is -2.24. The molecule has 23 heavy (non-hydrogen) atoms. The van der Waals surface area contributed by atoms with E-state index in [0.29, 0.717) is 11.5 Å². The number of carbonyl (C=O) groups excluding carboxylic acids is 1. The smallest absolute Gasteiger partial charge is 0.339 e. The Morgan fingerprint density at radius 3 is 2.52 bits per heavy atom. The van der Waals surface area contributed by atoms with E-state index in [1.807, 2.05) is 37.3 Å². The Balaban J connectivity index is 1.96. The SMILES string of the molecule is COc1ccc(C=NNC(=O)Nc2ccccc2C)cc1OC. The van der Waals surface area contributed by atoms with Gasteiger partial charge >= 0.3 is 6.03 Å². The van der Waals surface area contributed by atoms with Gasteiger partial charge in [0.25, 0.3) is 0 Å². The number of hydrogen-bond acceptors (Lipinski definition) is 4. The van der Waals surface area contributed by atoms with Crippen LogP contribution >= 0.6 is 0 Å². The summed E-state index contributed by atoms with van der Waals surface area (Å²) in [6.07, 6.45) is 1.53. The number of rotatable bonds is 5. The molecule has 0 aliphatic heterocycles. The maximum Gasteiger partial charge on any atom is 0.339 e. The minimum absolute atomic E-state index is 0.406. The van der Waals surface area contributed by atoms with Gasteiger partial charge in [-0.15, -0.1) is 0 Å². The second kappa shape index (κ2) is 7.84. The van der Waals surface area contributed by atoms with Gasteiger partial charge in [-0.2, -0.15) is 5.10 Å². The highest BCUT2D eigenvalue weighted by atomic mass is 16.5. The van der Waals surface area contributed by atoms with Gasteiger partial charge in [0, 0.05) is 5.69 Å². The number of ether oxygens (including phenoxy) is 2. The van der Waals surface area contributed by atoms with Crippen molar-refractivity contribution in [2.75, 3.05) is 19.5 Å². The van der Waals surface area contributed by atoms with Crippen molar-refractivity contribution in [2.24, 2.45) is 5.10 Å². The van der Waals surface area contributed by atoms with Crippen LogP contribution in [-0.2, 0) is 0 Å². The van der Waals surface area contributed by atoms with E-state index in [1.165, 1.54) is 6.21 Å². The lowest BCUT2D eigenvalue weighted by atomic mass is 10.2. The predicted molar refractivity (Wildman–Crippen MR) is 90.5 cm³/mol. The molecule has 6 heteroatoms. The standard InChI is InChI=1S/C17H19N3O3/c1-12-6-4-5-7-14(12)19-17(21)20-18-11-13-8-9-15(22-2)16(10-13)23-3/h4-11H,1-3H3,(H2,19,20,21). The molecule has 0 unspecified atom stereocenters. The topological polar surface area (TPSA) is 72.0 Å². The zero-order valence-electron chi connectivity index (χ0n) is 13.3. The van der Waals surface area contributed by atoms with Crippen LogP contribution in [-0.4, -0.2) is 26.5 Å². The molecule has 0 radical (unpaired) electrons. The van der Waals surface area contributed by atoms with Crippen molar-refractivity contribution in [1.82, 2.24) is 5.43 Å². The number of urea groups is 1. The van der Waals surface area contributed by atoms with E-state index in [0.717, 1.165) is 16.8 Å². The maximum atomic E-state index is 11.8. The van der Waals surface area contributed by atoms with Gasteiger partial charge in [0.15, 0.2) is 11.5 Å². The van der Waals surface area contributed by atoms with Gasteiger partial charge in [-0.3, -0.25) is 0 Å². The molecule has 6 nitrogen and oxygen atoms in total. The summed E-state index contributed by atoms with van der Waals surface area (Å²) in [5, 5.41) is 6.64. The summed E-state index contributed by atoms with van der Waals surface area (Å²) in [7, 11) is 3.13. The number of nitrogens with zero attached hydrogens (tertiary/aromatic N) is 1. The highest BCUT2D eigenvalue weighted by Gasteiger charge is 2.04. The van der Waals surface area contributed by atoms with Crippen LogP contribution < -0.4 is 20.2 Å². The van der Waals surface area contributed by atoms with Crippen molar-refractivity contribution in [3.63, 3.8) is 0 Å². The largest absolute Gasteiger partial charge is 0.493 e. The molecule has 0 fully saturated rings. The van der Waals surface area contributed by atoms with Gasteiger partial charge in [0.1, 0.15) is 0 Å². The molecule has 2 aromatic rings. The Labute approximate surface area is 135 Å². The van der Waals surface area contributed by atoms with Crippen LogP contribution in [0.4, 0.5) is 10.5 Å². The molecule has 2 N–H and O–H groups in total. The van der Waals surface area contributed by atoms with E-state index in [2.05, 4.69) is 15.8 Å². The minimum Gasteiger partial charge on any atom is -0.493 e. The van der Waals surface area contributed by atoms with Crippen LogP contribution in [0.5, 0.6) is 11.5 Å². The molecule has 0 heterocycles. The van der Waals surface area contributed by atoms with Crippen molar-refractivity contribution in [3.05, 3.63) is 53.6 Å². The summed E-state index contributed by atoms with van der Waals surface area (Å²) >= 11 is 0. The Morgan fingerprint density at radius 2 is 1.83 bits per heavy atom. The zero-order valence-corrected chi connectivity index (χ0v) is 13.3. The quantitative estimate of drug-likeness (QED) is 0.658. The van der Waals surface area contributed by atoms with Gasteiger partial charge in [-0.05, 0) is 42.3 Å².